The molecule has 0 aliphatic heterocycles. The van der Waals surface area contributed by atoms with Crippen molar-refractivity contribution < 1.29 is 13.6 Å². The summed E-state index contributed by atoms with van der Waals surface area (Å²) in [5.41, 5.74) is 0.363. The van der Waals surface area contributed by atoms with Crippen molar-refractivity contribution in [1.29, 1.82) is 0 Å². The van der Waals surface area contributed by atoms with Crippen molar-refractivity contribution >= 4 is 22.6 Å². The Labute approximate surface area is 120 Å². The lowest BCUT2D eigenvalue weighted by molar-refractivity contribution is -0.134. The second kappa shape index (κ2) is 5.05. The highest BCUT2D eigenvalue weighted by Crippen LogP contribution is 2.44. The van der Waals surface area contributed by atoms with Gasteiger partial charge in [0.05, 0.1) is 5.52 Å². The summed E-state index contributed by atoms with van der Waals surface area (Å²) in [6.45, 7) is 0. The molecule has 2 aromatic rings. The van der Waals surface area contributed by atoms with E-state index in [1.807, 2.05) is 0 Å². The average Bonchev–Trinajstić information content (AvgIpc) is 3.07. The summed E-state index contributed by atoms with van der Waals surface area (Å²) in [6, 6.07) is 5.08. The lowest BCUT2D eigenvalue weighted by Gasteiger charge is -2.26. The number of amides is 1. The largest absolute Gasteiger partial charge is 0.325 e. The third kappa shape index (κ3) is 2.26. The van der Waals surface area contributed by atoms with Crippen LogP contribution in [0.2, 0.25) is 0 Å². The predicted molar refractivity (Wildman–Crippen MR) is 74.0 cm³/mol. The number of nitrogens with zero attached hydrogens (tertiary/aromatic N) is 3. The molecule has 0 spiro atoms. The first-order valence-corrected chi connectivity index (χ1v) is 6.92. The summed E-state index contributed by atoms with van der Waals surface area (Å²) in [4.78, 5) is 12.3. The maximum atomic E-state index is 13.3. The molecule has 0 unspecified atom stereocenters. The van der Waals surface area contributed by atoms with E-state index in [-0.39, 0.29) is 12.8 Å². The van der Waals surface area contributed by atoms with Gasteiger partial charge in [0.2, 0.25) is 5.91 Å². The van der Waals surface area contributed by atoms with Crippen LogP contribution in [0.25, 0.3) is 11.0 Å². The summed E-state index contributed by atoms with van der Waals surface area (Å²) in [5, 5.41) is 10.4. The van der Waals surface area contributed by atoms with Crippen molar-refractivity contribution in [3.8, 4) is 0 Å². The summed E-state index contributed by atoms with van der Waals surface area (Å²) in [6.07, 6.45) is -0.823. The molecular formula is C14H16F2N4O. The van der Waals surface area contributed by atoms with E-state index in [1.165, 1.54) is 0 Å². The molecule has 1 aromatic carbocycles. The van der Waals surface area contributed by atoms with Crippen LogP contribution in [0.3, 0.4) is 0 Å². The van der Waals surface area contributed by atoms with Crippen molar-refractivity contribution in [3.63, 3.8) is 0 Å². The highest BCUT2D eigenvalue weighted by Gasteiger charge is 2.49. The smallest absolute Gasteiger partial charge is 0.252 e. The normalized spacial score (nSPS) is 17.5. The summed E-state index contributed by atoms with van der Waals surface area (Å²) >= 11 is 0. The van der Waals surface area contributed by atoms with E-state index >= 15 is 0 Å². The first kappa shape index (κ1) is 13.9. The molecule has 1 aliphatic carbocycles. The number of aromatic nitrogens is 3. The molecule has 112 valence electrons. The topological polar surface area (TPSA) is 59.8 Å². The molecule has 0 saturated heterocycles. The van der Waals surface area contributed by atoms with Crippen LogP contribution in [-0.2, 0) is 11.8 Å². The van der Waals surface area contributed by atoms with E-state index in [9.17, 15) is 13.6 Å². The van der Waals surface area contributed by atoms with E-state index in [1.54, 1.807) is 29.9 Å². The first-order valence-electron chi connectivity index (χ1n) is 6.92. The van der Waals surface area contributed by atoms with Crippen LogP contribution in [0.1, 0.15) is 25.7 Å². The molecule has 1 aromatic heterocycles. The lowest BCUT2D eigenvalue weighted by atomic mass is 9.85. The summed E-state index contributed by atoms with van der Waals surface area (Å²) < 4.78 is 28.2. The average molecular weight is 294 g/mol. The maximum Gasteiger partial charge on any atom is 0.252 e. The van der Waals surface area contributed by atoms with Crippen LogP contribution < -0.4 is 5.32 Å². The zero-order valence-corrected chi connectivity index (χ0v) is 11.6. The molecule has 0 radical (unpaired) electrons. The highest BCUT2D eigenvalue weighted by atomic mass is 19.3. The fraction of sp³-hybridized carbons (Fsp3) is 0.500. The van der Waals surface area contributed by atoms with E-state index in [2.05, 4.69) is 15.6 Å². The number of aryl methyl sites for hydroxylation is 1. The molecule has 1 fully saturated rings. The van der Waals surface area contributed by atoms with Crippen LogP contribution in [0.5, 0.6) is 0 Å². The number of hydrogen-bond donors (Lipinski definition) is 1. The third-order valence-corrected chi connectivity index (χ3v) is 4.23. The van der Waals surface area contributed by atoms with Gasteiger partial charge in [-0.25, -0.2) is 13.5 Å². The van der Waals surface area contributed by atoms with E-state index in [0.29, 0.717) is 24.0 Å². The van der Waals surface area contributed by atoms with Crippen molar-refractivity contribution in [2.75, 3.05) is 5.32 Å². The van der Waals surface area contributed by atoms with Gasteiger partial charge in [0.15, 0.2) is 0 Å². The number of halogens is 2. The van der Waals surface area contributed by atoms with Gasteiger partial charge < -0.3 is 5.32 Å². The number of nitrogens with one attached hydrogen (secondary N) is 1. The predicted octanol–water partition coefficient (Wildman–Crippen LogP) is 2.73. The van der Waals surface area contributed by atoms with Crippen LogP contribution in [0.15, 0.2) is 18.2 Å². The Morgan fingerprint density at radius 2 is 2.10 bits per heavy atom. The summed E-state index contributed by atoms with van der Waals surface area (Å²) in [5.74, 6) is -0.599. The minimum Gasteiger partial charge on any atom is -0.325 e. The van der Waals surface area contributed by atoms with Crippen molar-refractivity contribution in [2.24, 2.45) is 12.5 Å². The Bertz CT molecular complexity index is 677. The SMILES string of the molecule is Cn1nnc2cc(NC(=O)C3(C(F)F)CCCC3)ccc21. The number of alkyl halides is 2. The van der Waals surface area contributed by atoms with Crippen molar-refractivity contribution in [3.05, 3.63) is 18.2 Å². The molecule has 1 amide bonds. The molecule has 1 saturated carbocycles. The lowest BCUT2D eigenvalue weighted by Crippen LogP contribution is -2.39. The molecule has 21 heavy (non-hydrogen) atoms. The highest BCUT2D eigenvalue weighted by molar-refractivity contribution is 5.97. The maximum absolute atomic E-state index is 13.3. The van der Waals surface area contributed by atoms with Crippen molar-refractivity contribution in [2.45, 2.75) is 32.1 Å². The quantitative estimate of drug-likeness (QED) is 0.947. The molecular weight excluding hydrogens is 278 g/mol. The van der Waals surface area contributed by atoms with Gasteiger partial charge in [-0.1, -0.05) is 18.1 Å². The Hall–Kier alpha value is -2.05. The van der Waals surface area contributed by atoms with Crippen LogP contribution in [0.4, 0.5) is 14.5 Å². The van der Waals surface area contributed by atoms with Gasteiger partial charge in [0.1, 0.15) is 10.9 Å². The molecule has 1 aliphatic rings. The van der Waals surface area contributed by atoms with Gasteiger partial charge in [-0.3, -0.25) is 4.79 Å². The third-order valence-electron chi connectivity index (χ3n) is 4.23. The zero-order chi connectivity index (χ0) is 15.0. The molecule has 3 rings (SSSR count). The van der Waals surface area contributed by atoms with Gasteiger partial charge in [-0.2, -0.15) is 0 Å². The Morgan fingerprint density at radius 1 is 1.38 bits per heavy atom. The van der Waals surface area contributed by atoms with Crippen molar-refractivity contribution in [1.82, 2.24) is 15.0 Å². The zero-order valence-electron chi connectivity index (χ0n) is 11.6. The van der Waals surface area contributed by atoms with Gasteiger partial charge >= 0.3 is 0 Å². The van der Waals surface area contributed by atoms with Crippen LogP contribution in [-0.4, -0.2) is 27.3 Å². The molecule has 7 heteroatoms. The number of benzene rings is 1. The molecule has 0 atom stereocenters. The molecule has 1 N–H and O–H groups in total. The molecule has 5 nitrogen and oxygen atoms in total. The number of fused-ring (bicyclic) bond motifs is 1. The van der Waals surface area contributed by atoms with Gasteiger partial charge in [0, 0.05) is 12.7 Å². The number of hydrogen-bond acceptors (Lipinski definition) is 3. The number of carbonyl (C=O) groups is 1. The van der Waals surface area contributed by atoms with Gasteiger partial charge in [-0.15, -0.1) is 5.10 Å². The van der Waals surface area contributed by atoms with E-state index in [0.717, 1.165) is 5.52 Å². The fourth-order valence-corrected chi connectivity index (χ4v) is 2.92. The Kier molecular flexibility index (Phi) is 3.35. The fourth-order valence-electron chi connectivity index (χ4n) is 2.92. The second-order valence-corrected chi connectivity index (χ2v) is 5.53. The standard InChI is InChI=1S/C14H16F2N4O/c1-20-11-5-4-9(8-10(11)18-19-20)17-13(21)14(12(15)16)6-2-3-7-14/h4-5,8,12H,2-3,6-7H2,1H3,(H,17,21). The molecule has 1 heterocycles. The van der Waals surface area contributed by atoms with Gasteiger partial charge in [0.25, 0.3) is 6.43 Å². The minimum atomic E-state index is -2.64. The first-order chi connectivity index (χ1) is 10.0. The summed E-state index contributed by atoms with van der Waals surface area (Å²) in [7, 11) is 1.76. The Balaban J connectivity index is 1.85. The number of carbonyl (C=O) groups excluding carboxylic acids is 1. The van der Waals surface area contributed by atoms with E-state index in [4.69, 9.17) is 0 Å². The van der Waals surface area contributed by atoms with Crippen LogP contribution >= 0.6 is 0 Å². The van der Waals surface area contributed by atoms with Gasteiger partial charge in [-0.05, 0) is 31.0 Å². The molecule has 0 bridgehead atoms. The second-order valence-electron chi connectivity index (χ2n) is 5.53. The van der Waals surface area contributed by atoms with E-state index < -0.39 is 17.7 Å². The van der Waals surface area contributed by atoms with Crippen LogP contribution in [0, 0.1) is 5.41 Å². The Morgan fingerprint density at radius 3 is 2.76 bits per heavy atom. The minimum absolute atomic E-state index is 0.240. The monoisotopic (exact) mass is 294 g/mol. The number of anilines is 1. The number of rotatable bonds is 3.